The SMILES string of the molecule is Cc1sc(C(CN)N(C)Cc2cccc(F)c2)cc1Br. The van der Waals surface area contributed by atoms with Gasteiger partial charge in [-0.05, 0) is 53.7 Å². The van der Waals surface area contributed by atoms with Crippen LogP contribution in [0.3, 0.4) is 0 Å². The summed E-state index contributed by atoms with van der Waals surface area (Å²) in [5.74, 6) is -0.199. The third-order valence-electron chi connectivity index (χ3n) is 3.28. The van der Waals surface area contributed by atoms with Crippen LogP contribution in [0.4, 0.5) is 4.39 Å². The normalized spacial score (nSPS) is 12.9. The van der Waals surface area contributed by atoms with Gasteiger partial charge in [0.15, 0.2) is 0 Å². The fourth-order valence-corrected chi connectivity index (χ4v) is 3.93. The molecule has 2 N–H and O–H groups in total. The number of thiophene rings is 1. The second kappa shape index (κ2) is 6.80. The Bertz CT molecular complexity index is 566. The third kappa shape index (κ3) is 3.67. The van der Waals surface area contributed by atoms with Gasteiger partial charge in [-0.15, -0.1) is 11.3 Å². The molecule has 0 aliphatic rings. The summed E-state index contributed by atoms with van der Waals surface area (Å²) in [6.07, 6.45) is 0. The van der Waals surface area contributed by atoms with E-state index in [1.165, 1.54) is 15.8 Å². The van der Waals surface area contributed by atoms with Crippen molar-refractivity contribution >= 4 is 27.3 Å². The van der Waals surface area contributed by atoms with E-state index < -0.39 is 0 Å². The number of halogens is 2. The molecule has 0 saturated heterocycles. The Balaban J connectivity index is 2.15. The Morgan fingerprint density at radius 2 is 2.15 bits per heavy atom. The van der Waals surface area contributed by atoms with Crippen molar-refractivity contribution in [1.82, 2.24) is 4.90 Å². The summed E-state index contributed by atoms with van der Waals surface area (Å²) < 4.78 is 14.4. The van der Waals surface area contributed by atoms with Crippen LogP contribution in [0.5, 0.6) is 0 Å². The lowest BCUT2D eigenvalue weighted by Crippen LogP contribution is -2.29. The Morgan fingerprint density at radius 1 is 1.40 bits per heavy atom. The highest BCUT2D eigenvalue weighted by Crippen LogP contribution is 2.33. The molecule has 0 radical (unpaired) electrons. The van der Waals surface area contributed by atoms with Gasteiger partial charge in [0.2, 0.25) is 0 Å². The molecular weight excluding hydrogens is 339 g/mol. The van der Waals surface area contributed by atoms with Gasteiger partial charge < -0.3 is 5.73 Å². The van der Waals surface area contributed by atoms with E-state index in [2.05, 4.69) is 33.8 Å². The minimum atomic E-state index is -0.199. The minimum Gasteiger partial charge on any atom is -0.329 e. The van der Waals surface area contributed by atoms with E-state index in [-0.39, 0.29) is 11.9 Å². The molecule has 1 heterocycles. The van der Waals surface area contributed by atoms with Crippen LogP contribution in [0.15, 0.2) is 34.8 Å². The molecule has 0 saturated carbocycles. The average molecular weight is 357 g/mol. The second-order valence-electron chi connectivity index (χ2n) is 4.85. The highest BCUT2D eigenvalue weighted by Gasteiger charge is 2.18. The Morgan fingerprint density at radius 3 is 2.70 bits per heavy atom. The van der Waals surface area contributed by atoms with Crippen molar-refractivity contribution in [2.45, 2.75) is 19.5 Å². The fourth-order valence-electron chi connectivity index (χ4n) is 2.19. The maximum Gasteiger partial charge on any atom is 0.123 e. The summed E-state index contributed by atoms with van der Waals surface area (Å²) in [5, 5.41) is 0. The zero-order valence-corrected chi connectivity index (χ0v) is 14.0. The zero-order valence-electron chi connectivity index (χ0n) is 11.6. The van der Waals surface area contributed by atoms with Gasteiger partial charge in [-0.3, -0.25) is 4.90 Å². The monoisotopic (exact) mass is 356 g/mol. The molecule has 1 aromatic heterocycles. The fraction of sp³-hybridized carbons (Fsp3) is 0.333. The molecule has 5 heteroatoms. The number of aryl methyl sites for hydroxylation is 1. The van der Waals surface area contributed by atoms with Crippen molar-refractivity contribution in [3.8, 4) is 0 Å². The molecule has 0 amide bonds. The summed E-state index contributed by atoms with van der Waals surface area (Å²) in [4.78, 5) is 4.64. The second-order valence-corrected chi connectivity index (χ2v) is 6.99. The van der Waals surface area contributed by atoms with E-state index in [9.17, 15) is 4.39 Å². The Kier molecular flexibility index (Phi) is 5.32. The van der Waals surface area contributed by atoms with Crippen LogP contribution in [-0.4, -0.2) is 18.5 Å². The van der Waals surface area contributed by atoms with Crippen LogP contribution >= 0.6 is 27.3 Å². The highest BCUT2D eigenvalue weighted by atomic mass is 79.9. The smallest absolute Gasteiger partial charge is 0.123 e. The Hall–Kier alpha value is -0.750. The summed E-state index contributed by atoms with van der Waals surface area (Å²) in [6.45, 7) is 3.30. The van der Waals surface area contributed by atoms with Gasteiger partial charge >= 0.3 is 0 Å². The Labute approximate surface area is 131 Å². The number of likely N-dealkylation sites (N-methyl/N-ethyl adjacent to an activating group) is 1. The van der Waals surface area contributed by atoms with Gasteiger partial charge in [-0.25, -0.2) is 4.39 Å². The first-order chi connectivity index (χ1) is 9.51. The van der Waals surface area contributed by atoms with Gasteiger partial charge in [0.1, 0.15) is 5.82 Å². The largest absolute Gasteiger partial charge is 0.329 e. The predicted molar refractivity (Wildman–Crippen MR) is 86.4 cm³/mol. The molecular formula is C15H18BrFN2S. The van der Waals surface area contributed by atoms with Crippen LogP contribution in [-0.2, 0) is 6.54 Å². The van der Waals surface area contributed by atoms with Crippen molar-refractivity contribution in [3.05, 3.63) is 55.9 Å². The number of nitrogens with zero attached hydrogens (tertiary/aromatic N) is 1. The summed E-state index contributed by atoms with van der Waals surface area (Å²) in [7, 11) is 2.02. The van der Waals surface area contributed by atoms with Crippen molar-refractivity contribution < 1.29 is 4.39 Å². The van der Waals surface area contributed by atoms with Crippen LogP contribution in [0.2, 0.25) is 0 Å². The first-order valence-corrected chi connectivity index (χ1v) is 8.02. The lowest BCUT2D eigenvalue weighted by atomic mass is 10.1. The van der Waals surface area contributed by atoms with Crippen molar-refractivity contribution in [1.29, 1.82) is 0 Å². The maximum atomic E-state index is 13.2. The average Bonchev–Trinajstić information content (AvgIpc) is 2.70. The molecule has 108 valence electrons. The summed E-state index contributed by atoms with van der Waals surface area (Å²) >= 11 is 5.29. The highest BCUT2D eigenvalue weighted by molar-refractivity contribution is 9.10. The summed E-state index contributed by atoms with van der Waals surface area (Å²) in [5.41, 5.74) is 6.88. The number of hydrogen-bond donors (Lipinski definition) is 1. The molecule has 2 rings (SSSR count). The molecule has 0 bridgehead atoms. The van der Waals surface area contributed by atoms with Crippen LogP contribution in [0.25, 0.3) is 0 Å². The van der Waals surface area contributed by atoms with Crippen molar-refractivity contribution in [3.63, 3.8) is 0 Å². The van der Waals surface area contributed by atoms with Gasteiger partial charge in [-0.2, -0.15) is 0 Å². The number of benzene rings is 1. The predicted octanol–water partition coefficient (Wildman–Crippen LogP) is 4.09. The standard InChI is InChI=1S/C15H18BrFN2S/c1-10-13(16)7-15(20-10)14(8-18)19(2)9-11-4-3-5-12(17)6-11/h3-7,14H,8-9,18H2,1-2H3. The molecule has 2 aromatic rings. The summed E-state index contributed by atoms with van der Waals surface area (Å²) in [6, 6.07) is 8.97. The van der Waals surface area contributed by atoms with Crippen molar-refractivity contribution in [2.24, 2.45) is 5.73 Å². The third-order valence-corrected chi connectivity index (χ3v) is 5.52. The molecule has 1 atom stereocenters. The van der Waals surface area contributed by atoms with Crippen LogP contribution in [0, 0.1) is 12.7 Å². The molecule has 0 aliphatic carbocycles. The topological polar surface area (TPSA) is 29.3 Å². The van der Waals surface area contributed by atoms with Crippen LogP contribution in [0.1, 0.15) is 21.4 Å². The van der Waals surface area contributed by atoms with Gasteiger partial charge in [0.25, 0.3) is 0 Å². The van der Waals surface area contributed by atoms with Gasteiger partial charge in [0, 0.05) is 27.3 Å². The number of rotatable bonds is 5. The molecule has 0 fully saturated rings. The zero-order chi connectivity index (χ0) is 14.7. The molecule has 1 aromatic carbocycles. The quantitative estimate of drug-likeness (QED) is 0.873. The first kappa shape index (κ1) is 15.6. The van der Waals surface area contributed by atoms with Gasteiger partial charge in [0.05, 0.1) is 6.04 Å². The molecule has 0 spiro atoms. The van der Waals surface area contributed by atoms with E-state index in [0.717, 1.165) is 10.0 Å². The lowest BCUT2D eigenvalue weighted by molar-refractivity contribution is 0.245. The van der Waals surface area contributed by atoms with Crippen molar-refractivity contribution in [2.75, 3.05) is 13.6 Å². The first-order valence-electron chi connectivity index (χ1n) is 6.42. The van der Waals surface area contributed by atoms with E-state index in [0.29, 0.717) is 13.1 Å². The minimum absolute atomic E-state index is 0.147. The molecule has 1 unspecified atom stereocenters. The van der Waals surface area contributed by atoms with Gasteiger partial charge in [-0.1, -0.05) is 12.1 Å². The number of hydrogen-bond acceptors (Lipinski definition) is 3. The number of nitrogens with two attached hydrogens (primary N) is 1. The molecule has 0 aliphatic heterocycles. The lowest BCUT2D eigenvalue weighted by Gasteiger charge is -2.26. The molecule has 2 nitrogen and oxygen atoms in total. The molecule has 20 heavy (non-hydrogen) atoms. The van der Waals surface area contributed by atoms with E-state index in [4.69, 9.17) is 5.73 Å². The maximum absolute atomic E-state index is 13.2. The van der Waals surface area contributed by atoms with E-state index >= 15 is 0 Å². The van der Waals surface area contributed by atoms with E-state index in [1.54, 1.807) is 23.5 Å². The van der Waals surface area contributed by atoms with Crippen LogP contribution < -0.4 is 5.73 Å². The van der Waals surface area contributed by atoms with E-state index in [1.807, 2.05) is 13.1 Å².